The van der Waals surface area contributed by atoms with E-state index in [4.69, 9.17) is 5.73 Å². The highest BCUT2D eigenvalue weighted by Crippen LogP contribution is 2.36. The molecule has 2 rings (SSSR count). The quantitative estimate of drug-likeness (QED) is 0.901. The first kappa shape index (κ1) is 16.1. The van der Waals surface area contributed by atoms with Crippen LogP contribution in [0.4, 0.5) is 0 Å². The van der Waals surface area contributed by atoms with E-state index < -0.39 is 0 Å². The molecule has 0 atom stereocenters. The first-order valence-corrected chi connectivity index (χ1v) is 7.98. The van der Waals surface area contributed by atoms with Crippen LogP contribution >= 0.6 is 11.8 Å². The molecule has 0 amide bonds. The summed E-state index contributed by atoms with van der Waals surface area (Å²) in [5, 5.41) is 0. The Balaban J connectivity index is 2.35. The number of nitrogens with two attached hydrogens (primary N) is 1. The fourth-order valence-corrected chi connectivity index (χ4v) is 3.52. The van der Waals surface area contributed by atoms with E-state index in [-0.39, 0.29) is 5.54 Å². The zero-order valence-corrected chi connectivity index (χ0v) is 14.1. The first-order chi connectivity index (χ1) is 9.88. The van der Waals surface area contributed by atoms with Gasteiger partial charge in [-0.3, -0.25) is 0 Å². The highest BCUT2D eigenvalue weighted by Gasteiger charge is 2.19. The van der Waals surface area contributed by atoms with Crippen LogP contribution in [0.3, 0.4) is 0 Å². The van der Waals surface area contributed by atoms with Crippen LogP contribution in [0.2, 0.25) is 0 Å². The zero-order chi connectivity index (χ0) is 15.5. The van der Waals surface area contributed by atoms with Gasteiger partial charge in [-0.1, -0.05) is 48.2 Å². The predicted molar refractivity (Wildman–Crippen MR) is 91.6 cm³/mol. The molecule has 0 heterocycles. The van der Waals surface area contributed by atoms with Gasteiger partial charge in [0.2, 0.25) is 0 Å². The van der Waals surface area contributed by atoms with Gasteiger partial charge in [-0.25, -0.2) is 0 Å². The molecule has 0 aliphatic rings. The standard InChI is InChI=1S/C18H24N2S/c1-18(2,19)15-10-6-8-12-17(15)21-16-11-7-5-9-14(16)13-20(3)4/h5-12H,13,19H2,1-4H3. The van der Waals surface area contributed by atoms with E-state index in [0.29, 0.717) is 0 Å². The lowest BCUT2D eigenvalue weighted by molar-refractivity contribution is 0.399. The van der Waals surface area contributed by atoms with Gasteiger partial charge in [0.05, 0.1) is 0 Å². The van der Waals surface area contributed by atoms with Crippen molar-refractivity contribution in [3.05, 3.63) is 59.7 Å². The molecule has 0 bridgehead atoms. The molecule has 2 aromatic carbocycles. The van der Waals surface area contributed by atoms with Crippen molar-refractivity contribution in [2.45, 2.75) is 35.7 Å². The number of hydrogen-bond donors (Lipinski definition) is 1. The van der Waals surface area contributed by atoms with Crippen molar-refractivity contribution < 1.29 is 0 Å². The third-order valence-corrected chi connectivity index (χ3v) is 4.45. The Morgan fingerprint density at radius 2 is 1.52 bits per heavy atom. The summed E-state index contributed by atoms with van der Waals surface area (Å²) in [5.41, 5.74) is 8.51. The van der Waals surface area contributed by atoms with Gasteiger partial charge in [0.1, 0.15) is 0 Å². The van der Waals surface area contributed by atoms with Crippen molar-refractivity contribution in [1.29, 1.82) is 0 Å². The minimum absolute atomic E-state index is 0.333. The topological polar surface area (TPSA) is 29.3 Å². The molecular weight excluding hydrogens is 276 g/mol. The van der Waals surface area contributed by atoms with Gasteiger partial charge in [-0.05, 0) is 51.2 Å². The Morgan fingerprint density at radius 3 is 2.14 bits per heavy atom. The van der Waals surface area contributed by atoms with Crippen LogP contribution in [-0.2, 0) is 12.1 Å². The summed E-state index contributed by atoms with van der Waals surface area (Å²) in [6.45, 7) is 5.05. The molecule has 2 aromatic rings. The second-order valence-corrected chi connectivity index (χ2v) is 7.25. The minimum atomic E-state index is -0.333. The lowest BCUT2D eigenvalue weighted by Gasteiger charge is -2.23. The lowest BCUT2D eigenvalue weighted by atomic mass is 9.96. The number of benzene rings is 2. The Morgan fingerprint density at radius 1 is 0.952 bits per heavy atom. The molecule has 0 aliphatic heterocycles. The second-order valence-electron chi connectivity index (χ2n) is 6.17. The Hall–Kier alpha value is -1.29. The number of rotatable bonds is 5. The van der Waals surface area contributed by atoms with Crippen LogP contribution in [0.15, 0.2) is 58.3 Å². The average Bonchev–Trinajstić information content (AvgIpc) is 2.40. The van der Waals surface area contributed by atoms with Gasteiger partial charge in [-0.15, -0.1) is 0 Å². The average molecular weight is 300 g/mol. The third kappa shape index (κ3) is 4.34. The van der Waals surface area contributed by atoms with E-state index in [1.807, 2.05) is 0 Å². The van der Waals surface area contributed by atoms with Gasteiger partial charge in [0.15, 0.2) is 0 Å². The normalized spacial score (nSPS) is 11.9. The van der Waals surface area contributed by atoms with E-state index in [0.717, 1.165) is 6.54 Å². The zero-order valence-electron chi connectivity index (χ0n) is 13.3. The summed E-state index contributed by atoms with van der Waals surface area (Å²) in [4.78, 5) is 4.72. The highest BCUT2D eigenvalue weighted by molar-refractivity contribution is 7.99. The van der Waals surface area contributed by atoms with Crippen molar-refractivity contribution >= 4 is 11.8 Å². The molecule has 0 fully saturated rings. The molecule has 2 N–H and O–H groups in total. The van der Waals surface area contributed by atoms with Gasteiger partial charge >= 0.3 is 0 Å². The fraction of sp³-hybridized carbons (Fsp3) is 0.333. The summed E-state index contributed by atoms with van der Waals surface area (Å²) in [5.74, 6) is 0. The summed E-state index contributed by atoms with van der Waals surface area (Å²) in [7, 11) is 4.19. The monoisotopic (exact) mass is 300 g/mol. The maximum absolute atomic E-state index is 6.31. The molecule has 21 heavy (non-hydrogen) atoms. The van der Waals surface area contributed by atoms with E-state index in [1.54, 1.807) is 11.8 Å². The summed E-state index contributed by atoms with van der Waals surface area (Å²) in [6, 6.07) is 17.0. The smallest absolute Gasteiger partial charge is 0.0363 e. The molecule has 0 aromatic heterocycles. The third-order valence-electron chi connectivity index (χ3n) is 3.26. The maximum atomic E-state index is 6.31. The summed E-state index contributed by atoms with van der Waals surface area (Å²) >= 11 is 1.80. The van der Waals surface area contributed by atoms with Crippen molar-refractivity contribution in [3.8, 4) is 0 Å². The largest absolute Gasteiger partial charge is 0.322 e. The molecule has 0 unspecified atom stereocenters. The van der Waals surface area contributed by atoms with Crippen molar-refractivity contribution in [3.63, 3.8) is 0 Å². The lowest BCUT2D eigenvalue weighted by Crippen LogP contribution is -2.29. The van der Waals surface area contributed by atoms with Gasteiger partial charge < -0.3 is 10.6 Å². The second kappa shape index (κ2) is 6.65. The van der Waals surface area contributed by atoms with E-state index >= 15 is 0 Å². The molecule has 0 aliphatic carbocycles. The van der Waals surface area contributed by atoms with E-state index in [2.05, 4.69) is 81.4 Å². The molecule has 0 radical (unpaired) electrons. The fourth-order valence-electron chi connectivity index (χ4n) is 2.28. The Bertz CT molecular complexity index is 600. The Labute approximate surface area is 132 Å². The highest BCUT2D eigenvalue weighted by atomic mass is 32.2. The van der Waals surface area contributed by atoms with Crippen LogP contribution in [0, 0.1) is 0 Å². The van der Waals surface area contributed by atoms with Crippen LogP contribution in [0.5, 0.6) is 0 Å². The van der Waals surface area contributed by atoms with Gasteiger partial charge in [0, 0.05) is 21.9 Å². The van der Waals surface area contributed by atoms with Crippen LogP contribution < -0.4 is 5.73 Å². The van der Waals surface area contributed by atoms with Crippen molar-refractivity contribution in [2.75, 3.05) is 14.1 Å². The molecule has 0 saturated carbocycles. The van der Waals surface area contributed by atoms with Crippen molar-refractivity contribution in [1.82, 2.24) is 4.90 Å². The number of hydrogen-bond acceptors (Lipinski definition) is 3. The minimum Gasteiger partial charge on any atom is -0.322 e. The molecule has 0 spiro atoms. The van der Waals surface area contributed by atoms with E-state index in [9.17, 15) is 0 Å². The predicted octanol–water partition coefficient (Wildman–Crippen LogP) is 4.09. The number of nitrogens with zero attached hydrogens (tertiary/aromatic N) is 1. The van der Waals surface area contributed by atoms with Crippen LogP contribution in [0.25, 0.3) is 0 Å². The molecule has 0 saturated heterocycles. The van der Waals surface area contributed by atoms with Crippen molar-refractivity contribution in [2.24, 2.45) is 5.73 Å². The van der Waals surface area contributed by atoms with Crippen LogP contribution in [-0.4, -0.2) is 19.0 Å². The molecule has 112 valence electrons. The molecular formula is C18H24N2S. The van der Waals surface area contributed by atoms with E-state index in [1.165, 1.54) is 20.9 Å². The van der Waals surface area contributed by atoms with Gasteiger partial charge in [-0.2, -0.15) is 0 Å². The summed E-state index contributed by atoms with van der Waals surface area (Å²) < 4.78 is 0. The maximum Gasteiger partial charge on any atom is 0.0363 e. The van der Waals surface area contributed by atoms with Gasteiger partial charge in [0.25, 0.3) is 0 Å². The molecule has 3 heteroatoms. The first-order valence-electron chi connectivity index (χ1n) is 7.17. The van der Waals surface area contributed by atoms with Crippen LogP contribution in [0.1, 0.15) is 25.0 Å². The summed E-state index contributed by atoms with van der Waals surface area (Å²) in [6.07, 6.45) is 0. The molecule has 2 nitrogen and oxygen atoms in total. The Kier molecular flexibility index (Phi) is 5.09. The SMILES string of the molecule is CN(C)Cc1ccccc1Sc1ccccc1C(C)(C)N.